The summed E-state index contributed by atoms with van der Waals surface area (Å²) in [6.45, 7) is 3.89. The molecule has 1 N–H and O–H groups in total. The van der Waals surface area contributed by atoms with Crippen LogP contribution in [0.3, 0.4) is 0 Å². The molecule has 0 bridgehead atoms. The normalized spacial score (nSPS) is 11.2. The Morgan fingerprint density at radius 2 is 2.15 bits per heavy atom. The van der Waals surface area contributed by atoms with E-state index in [1.54, 1.807) is 7.11 Å². The molecule has 3 heterocycles. The van der Waals surface area contributed by atoms with Crippen LogP contribution in [0, 0.1) is 13.8 Å². The quantitative estimate of drug-likeness (QED) is 0.516. The lowest BCUT2D eigenvalue weighted by Crippen LogP contribution is -2.14. The van der Waals surface area contributed by atoms with E-state index in [1.807, 2.05) is 41.8 Å². The molecule has 4 aromatic rings. The second kappa shape index (κ2) is 7.16. The molecule has 0 unspecified atom stereocenters. The molecular weight excluding hydrogens is 382 g/mol. The molecule has 0 aliphatic carbocycles. The molecule has 0 saturated carbocycles. The average Bonchev–Trinajstić information content (AvgIpc) is 3.26. The van der Waals surface area contributed by atoms with Crippen LogP contribution in [-0.2, 0) is 4.79 Å². The van der Waals surface area contributed by atoms with Crippen molar-refractivity contribution in [1.29, 1.82) is 0 Å². The first-order valence-electron chi connectivity index (χ1n) is 8.22. The van der Waals surface area contributed by atoms with Crippen LogP contribution in [0.2, 0.25) is 0 Å². The average molecular weight is 400 g/mol. The van der Waals surface area contributed by atoms with Crippen molar-refractivity contribution < 1.29 is 9.53 Å². The Morgan fingerprint density at radius 3 is 2.89 bits per heavy atom. The number of thiazole rings is 1. The number of hydrogen-bond donors (Lipinski definition) is 1. The smallest absolute Gasteiger partial charge is 0.236 e. The Kier molecular flexibility index (Phi) is 4.71. The molecule has 0 fully saturated rings. The number of aromatic nitrogens is 4. The third-order valence-corrected chi connectivity index (χ3v) is 5.84. The van der Waals surface area contributed by atoms with Crippen molar-refractivity contribution in [3.8, 4) is 5.75 Å². The van der Waals surface area contributed by atoms with Crippen LogP contribution in [0.25, 0.3) is 16.6 Å². The fourth-order valence-corrected chi connectivity index (χ4v) is 4.25. The van der Waals surface area contributed by atoms with Gasteiger partial charge in [-0.05, 0) is 43.0 Å². The third kappa shape index (κ3) is 3.47. The molecule has 7 nitrogen and oxygen atoms in total. The van der Waals surface area contributed by atoms with Gasteiger partial charge in [0.05, 0.1) is 24.1 Å². The van der Waals surface area contributed by atoms with E-state index in [2.05, 4.69) is 26.6 Å². The SMILES string of the molecule is COc1ccc2cc(C)c3nnc(SCC(=O)Nc4nc(C)cs4)n3c2c1. The molecule has 0 atom stereocenters. The lowest BCUT2D eigenvalue weighted by atomic mass is 10.1. The zero-order valence-corrected chi connectivity index (χ0v) is 16.6. The number of carbonyl (C=O) groups excluding carboxylic acids is 1. The minimum atomic E-state index is -0.124. The molecule has 3 aromatic heterocycles. The molecule has 4 rings (SSSR count). The number of pyridine rings is 1. The van der Waals surface area contributed by atoms with E-state index < -0.39 is 0 Å². The minimum Gasteiger partial charge on any atom is -0.497 e. The summed E-state index contributed by atoms with van der Waals surface area (Å²) < 4.78 is 7.32. The lowest BCUT2D eigenvalue weighted by molar-refractivity contribution is -0.113. The maximum absolute atomic E-state index is 12.2. The van der Waals surface area contributed by atoms with Gasteiger partial charge in [-0.25, -0.2) is 4.98 Å². The van der Waals surface area contributed by atoms with Gasteiger partial charge in [-0.1, -0.05) is 11.8 Å². The topological polar surface area (TPSA) is 81.4 Å². The lowest BCUT2D eigenvalue weighted by Gasteiger charge is -2.08. The first-order chi connectivity index (χ1) is 13.0. The molecule has 0 radical (unpaired) electrons. The minimum absolute atomic E-state index is 0.124. The van der Waals surface area contributed by atoms with Crippen LogP contribution in [0.15, 0.2) is 34.8 Å². The first kappa shape index (κ1) is 17.7. The van der Waals surface area contributed by atoms with Gasteiger partial charge in [-0.15, -0.1) is 21.5 Å². The number of aryl methyl sites for hydroxylation is 2. The van der Waals surface area contributed by atoms with Gasteiger partial charge in [0.25, 0.3) is 0 Å². The Hall–Kier alpha value is -2.65. The summed E-state index contributed by atoms with van der Waals surface area (Å²) in [5, 5.41) is 15.6. The summed E-state index contributed by atoms with van der Waals surface area (Å²) in [6, 6.07) is 7.96. The number of benzene rings is 1. The third-order valence-electron chi connectivity index (χ3n) is 4.03. The van der Waals surface area contributed by atoms with Gasteiger partial charge in [-0.2, -0.15) is 0 Å². The molecule has 9 heteroatoms. The molecule has 138 valence electrons. The predicted octanol–water partition coefficient (Wildman–Crippen LogP) is 3.70. The summed E-state index contributed by atoms with van der Waals surface area (Å²) in [5.74, 6) is 0.855. The maximum Gasteiger partial charge on any atom is 0.236 e. The fourth-order valence-electron chi connectivity index (χ4n) is 2.80. The Bertz CT molecular complexity index is 1150. The number of methoxy groups -OCH3 is 1. The zero-order valence-electron chi connectivity index (χ0n) is 15.0. The van der Waals surface area contributed by atoms with Crippen molar-refractivity contribution in [1.82, 2.24) is 19.6 Å². The van der Waals surface area contributed by atoms with Crippen LogP contribution >= 0.6 is 23.1 Å². The molecule has 0 aliphatic rings. The summed E-state index contributed by atoms with van der Waals surface area (Å²) in [6.07, 6.45) is 0. The second-order valence-corrected chi connectivity index (χ2v) is 7.83. The number of fused-ring (bicyclic) bond motifs is 3. The fraction of sp³-hybridized carbons (Fsp3) is 0.222. The van der Waals surface area contributed by atoms with Crippen molar-refractivity contribution in [2.75, 3.05) is 18.2 Å². The number of rotatable bonds is 5. The van der Waals surface area contributed by atoms with E-state index in [9.17, 15) is 4.79 Å². The molecule has 0 saturated heterocycles. The highest BCUT2D eigenvalue weighted by Gasteiger charge is 2.15. The van der Waals surface area contributed by atoms with Gasteiger partial charge in [0.2, 0.25) is 5.91 Å². The van der Waals surface area contributed by atoms with Gasteiger partial charge < -0.3 is 10.1 Å². The largest absolute Gasteiger partial charge is 0.497 e. The van der Waals surface area contributed by atoms with Crippen LogP contribution in [0.4, 0.5) is 5.13 Å². The number of nitrogens with one attached hydrogen (secondary N) is 1. The summed E-state index contributed by atoms with van der Waals surface area (Å²) >= 11 is 2.75. The Labute approximate surface area is 163 Å². The molecular formula is C18H17N5O2S2. The summed E-state index contributed by atoms with van der Waals surface area (Å²) in [4.78, 5) is 16.5. The van der Waals surface area contributed by atoms with Crippen LogP contribution in [-0.4, -0.2) is 38.4 Å². The molecule has 27 heavy (non-hydrogen) atoms. The number of thioether (sulfide) groups is 1. The van der Waals surface area contributed by atoms with Crippen molar-refractivity contribution in [2.45, 2.75) is 19.0 Å². The van der Waals surface area contributed by atoms with Crippen molar-refractivity contribution >= 4 is 50.7 Å². The summed E-state index contributed by atoms with van der Waals surface area (Å²) in [7, 11) is 1.64. The molecule has 1 aromatic carbocycles. The number of anilines is 1. The van der Waals surface area contributed by atoms with Crippen molar-refractivity contribution in [3.05, 3.63) is 40.9 Å². The number of hydrogen-bond acceptors (Lipinski definition) is 7. The van der Waals surface area contributed by atoms with Crippen molar-refractivity contribution in [3.63, 3.8) is 0 Å². The van der Waals surface area contributed by atoms with Gasteiger partial charge in [-0.3, -0.25) is 9.20 Å². The van der Waals surface area contributed by atoms with Gasteiger partial charge in [0, 0.05) is 11.4 Å². The van der Waals surface area contributed by atoms with E-state index in [1.165, 1.54) is 23.1 Å². The highest BCUT2D eigenvalue weighted by atomic mass is 32.2. The van der Waals surface area contributed by atoms with E-state index in [0.29, 0.717) is 10.3 Å². The van der Waals surface area contributed by atoms with Crippen LogP contribution in [0.1, 0.15) is 11.3 Å². The number of amides is 1. The van der Waals surface area contributed by atoms with E-state index in [4.69, 9.17) is 4.74 Å². The van der Waals surface area contributed by atoms with E-state index >= 15 is 0 Å². The second-order valence-electron chi connectivity index (χ2n) is 6.02. The summed E-state index contributed by atoms with van der Waals surface area (Å²) in [5.41, 5.74) is 3.63. The van der Waals surface area contributed by atoms with E-state index in [0.717, 1.165) is 33.6 Å². The van der Waals surface area contributed by atoms with Gasteiger partial charge >= 0.3 is 0 Å². The monoisotopic (exact) mass is 399 g/mol. The highest BCUT2D eigenvalue weighted by Crippen LogP contribution is 2.28. The molecule has 0 spiro atoms. The number of nitrogens with zero attached hydrogens (tertiary/aromatic N) is 4. The Morgan fingerprint density at radius 1 is 1.30 bits per heavy atom. The zero-order chi connectivity index (χ0) is 19.0. The van der Waals surface area contributed by atoms with Crippen molar-refractivity contribution in [2.24, 2.45) is 0 Å². The number of ether oxygens (including phenoxy) is 1. The molecule has 1 amide bonds. The van der Waals surface area contributed by atoms with Gasteiger partial charge in [0.15, 0.2) is 15.9 Å². The van der Waals surface area contributed by atoms with E-state index in [-0.39, 0.29) is 11.7 Å². The van der Waals surface area contributed by atoms with Gasteiger partial charge in [0.1, 0.15) is 5.75 Å². The first-order valence-corrected chi connectivity index (χ1v) is 10.1. The molecule has 0 aliphatic heterocycles. The van der Waals surface area contributed by atoms with Crippen LogP contribution < -0.4 is 10.1 Å². The number of carbonyl (C=O) groups is 1. The van der Waals surface area contributed by atoms with Crippen LogP contribution in [0.5, 0.6) is 5.75 Å². The highest BCUT2D eigenvalue weighted by molar-refractivity contribution is 7.99. The Balaban J connectivity index is 1.64. The standard InChI is InChI=1S/C18H17N5O2S2/c1-10-6-12-4-5-13(25-3)7-14(12)23-16(10)21-22-18(23)27-9-15(24)20-17-19-11(2)8-26-17/h4-8H,9H2,1-3H3,(H,19,20,24). The predicted molar refractivity (Wildman–Crippen MR) is 108 cm³/mol. The maximum atomic E-state index is 12.2.